The van der Waals surface area contributed by atoms with Crippen molar-refractivity contribution in [1.29, 1.82) is 0 Å². The van der Waals surface area contributed by atoms with Crippen LogP contribution in [0, 0.1) is 13.8 Å². The molecular weight excluding hydrogens is 148 g/mol. The van der Waals surface area contributed by atoms with E-state index in [0.29, 0.717) is 0 Å². The van der Waals surface area contributed by atoms with E-state index in [9.17, 15) is 0 Å². The summed E-state index contributed by atoms with van der Waals surface area (Å²) in [6.45, 7) is 7.39. The summed E-state index contributed by atoms with van der Waals surface area (Å²) < 4.78 is 0. The first-order valence-electron chi connectivity index (χ1n) is 2.50. The molecule has 0 aliphatic carbocycles. The van der Waals surface area contributed by atoms with E-state index in [-0.39, 0.29) is 32.2 Å². The molecule has 0 aromatic rings. The Morgan fingerprint density at radius 2 is 1.00 bits per heavy atom. The maximum absolute atomic E-state index is 3.70. The van der Waals surface area contributed by atoms with Gasteiger partial charge < -0.3 is 13.8 Å². The Balaban J connectivity index is -0.0000000417. The number of hydrogen-bond donors (Lipinski definition) is 0. The summed E-state index contributed by atoms with van der Waals surface area (Å²) in [6, 6.07) is 0. The van der Waals surface area contributed by atoms with Gasteiger partial charge in [0, 0.05) is 0 Å². The van der Waals surface area contributed by atoms with E-state index in [4.69, 9.17) is 0 Å². The molecule has 0 amide bonds. The average molecular weight is 168 g/mol. The van der Waals surface area contributed by atoms with Gasteiger partial charge in [-0.2, -0.15) is 12.8 Å². The van der Waals surface area contributed by atoms with Crippen molar-refractivity contribution in [3.63, 3.8) is 0 Å². The maximum Gasteiger partial charge on any atom is 2.00 e. The second kappa shape index (κ2) is 23.6. The van der Waals surface area contributed by atoms with Crippen molar-refractivity contribution >= 4 is 0 Å². The fourth-order valence-electron chi connectivity index (χ4n) is 0.354. The SMILES string of the molecule is C.C.[CH2-]CCCC[CH2-].[Cr+2]. The summed E-state index contributed by atoms with van der Waals surface area (Å²) in [4.78, 5) is 0. The molecule has 9 heavy (non-hydrogen) atoms. The topological polar surface area (TPSA) is 0 Å². The molecule has 0 radical (unpaired) electrons. The molecule has 0 aromatic heterocycles. The van der Waals surface area contributed by atoms with Gasteiger partial charge in [0.2, 0.25) is 0 Å². The van der Waals surface area contributed by atoms with Crippen molar-refractivity contribution in [2.45, 2.75) is 40.5 Å². The van der Waals surface area contributed by atoms with E-state index in [1.807, 2.05) is 0 Å². The molecule has 0 aliphatic heterocycles. The zero-order chi connectivity index (χ0) is 4.83. The van der Waals surface area contributed by atoms with Crippen molar-refractivity contribution in [1.82, 2.24) is 0 Å². The molecule has 0 spiro atoms. The molecule has 0 fully saturated rings. The van der Waals surface area contributed by atoms with Crippen molar-refractivity contribution in [3.8, 4) is 0 Å². The van der Waals surface area contributed by atoms with Crippen LogP contribution in [0.15, 0.2) is 0 Å². The van der Waals surface area contributed by atoms with Crippen LogP contribution in [0.3, 0.4) is 0 Å². The first-order valence-corrected chi connectivity index (χ1v) is 2.50. The molecule has 0 aromatic carbocycles. The van der Waals surface area contributed by atoms with Crippen LogP contribution in [0.4, 0.5) is 0 Å². The Kier molecular flexibility index (Phi) is 59.4. The van der Waals surface area contributed by atoms with E-state index in [1.54, 1.807) is 0 Å². The normalized spacial score (nSPS) is 6.00. The van der Waals surface area contributed by atoms with E-state index in [0.717, 1.165) is 12.8 Å². The number of unbranched alkanes of at least 4 members (excludes halogenated alkanes) is 3. The molecule has 0 heterocycles. The zero-order valence-corrected chi connectivity index (χ0v) is 5.93. The monoisotopic (exact) mass is 168 g/mol. The molecule has 0 unspecified atom stereocenters. The molecule has 58 valence electrons. The van der Waals surface area contributed by atoms with Gasteiger partial charge in [-0.1, -0.05) is 27.7 Å². The van der Waals surface area contributed by atoms with Gasteiger partial charge in [-0.25, -0.2) is 0 Å². The van der Waals surface area contributed by atoms with Gasteiger partial charge in [-0.3, -0.25) is 0 Å². The predicted octanol–water partition coefficient (Wildman–Crippen LogP) is 3.48. The van der Waals surface area contributed by atoms with Gasteiger partial charge in [0.1, 0.15) is 0 Å². The van der Waals surface area contributed by atoms with Gasteiger partial charge in [-0.15, -0.1) is 0 Å². The van der Waals surface area contributed by atoms with Gasteiger partial charge in [-0.05, 0) is 0 Å². The van der Waals surface area contributed by atoms with Crippen molar-refractivity contribution in [2.75, 3.05) is 0 Å². The minimum atomic E-state index is 0. The fourth-order valence-corrected chi connectivity index (χ4v) is 0.354. The fraction of sp³-hybridized carbons (Fsp3) is 0.750. The largest absolute Gasteiger partial charge is 2.00 e. The third-order valence-corrected chi connectivity index (χ3v) is 0.750. The van der Waals surface area contributed by atoms with Gasteiger partial charge >= 0.3 is 17.4 Å². The Morgan fingerprint density at radius 3 is 1.11 bits per heavy atom. The van der Waals surface area contributed by atoms with E-state index >= 15 is 0 Å². The summed E-state index contributed by atoms with van der Waals surface area (Å²) in [6.07, 6.45) is 4.61. The Bertz CT molecular complexity index is 16.5. The Morgan fingerprint density at radius 1 is 0.778 bits per heavy atom. The molecular formula is C8H20Cr. The van der Waals surface area contributed by atoms with Crippen LogP contribution in [0.5, 0.6) is 0 Å². The second-order valence-electron chi connectivity index (χ2n) is 1.41. The number of rotatable bonds is 3. The molecule has 0 aliphatic rings. The zero-order valence-electron chi connectivity index (χ0n) is 4.65. The molecule has 1 heteroatoms. The minimum Gasteiger partial charge on any atom is -0.343 e. The molecule has 0 atom stereocenters. The van der Waals surface area contributed by atoms with Crippen LogP contribution >= 0.6 is 0 Å². The van der Waals surface area contributed by atoms with Gasteiger partial charge in [0.05, 0.1) is 0 Å². The van der Waals surface area contributed by atoms with E-state index in [2.05, 4.69) is 13.8 Å². The average Bonchev–Trinajstić information content (AvgIpc) is 1.61. The van der Waals surface area contributed by atoms with Crippen LogP contribution < -0.4 is 0 Å². The van der Waals surface area contributed by atoms with Crippen LogP contribution in [-0.4, -0.2) is 0 Å². The van der Waals surface area contributed by atoms with E-state index in [1.165, 1.54) is 12.8 Å². The predicted molar refractivity (Wildman–Crippen MR) is 42.6 cm³/mol. The maximum atomic E-state index is 3.70. The van der Waals surface area contributed by atoms with Crippen molar-refractivity contribution < 1.29 is 17.4 Å². The minimum absolute atomic E-state index is 0. The summed E-state index contributed by atoms with van der Waals surface area (Å²) in [5.41, 5.74) is 0. The molecule has 0 saturated carbocycles. The summed E-state index contributed by atoms with van der Waals surface area (Å²) >= 11 is 0. The number of hydrogen-bond acceptors (Lipinski definition) is 0. The van der Waals surface area contributed by atoms with Crippen molar-refractivity contribution in [3.05, 3.63) is 13.8 Å². The molecule has 0 bridgehead atoms. The van der Waals surface area contributed by atoms with Gasteiger partial charge in [0.15, 0.2) is 0 Å². The summed E-state index contributed by atoms with van der Waals surface area (Å²) in [5.74, 6) is 0. The third-order valence-electron chi connectivity index (χ3n) is 0.750. The first kappa shape index (κ1) is 22.7. The quantitative estimate of drug-likeness (QED) is 0.447. The van der Waals surface area contributed by atoms with Crippen LogP contribution in [0.2, 0.25) is 0 Å². The van der Waals surface area contributed by atoms with Crippen LogP contribution in [0.1, 0.15) is 40.5 Å². The smallest absolute Gasteiger partial charge is 0.343 e. The van der Waals surface area contributed by atoms with Gasteiger partial charge in [0.25, 0.3) is 0 Å². The Labute approximate surface area is 72.2 Å². The van der Waals surface area contributed by atoms with Crippen molar-refractivity contribution in [2.24, 2.45) is 0 Å². The van der Waals surface area contributed by atoms with Crippen LogP contribution in [0.25, 0.3) is 0 Å². The summed E-state index contributed by atoms with van der Waals surface area (Å²) in [5, 5.41) is 0. The first-order chi connectivity index (χ1) is 2.91. The van der Waals surface area contributed by atoms with E-state index < -0.39 is 0 Å². The molecule has 0 rings (SSSR count). The standard InChI is InChI=1S/C6H12.2CH4.Cr/c1-3-5-6-4-2;;;/h1-6H2;2*1H4;/q-2;;;+2. The second-order valence-corrected chi connectivity index (χ2v) is 1.41. The molecule has 0 saturated heterocycles. The summed E-state index contributed by atoms with van der Waals surface area (Å²) in [7, 11) is 0. The molecule has 0 N–H and O–H groups in total. The van der Waals surface area contributed by atoms with Crippen LogP contribution in [-0.2, 0) is 17.4 Å². The Hall–Kier alpha value is 0.532. The third kappa shape index (κ3) is 29.2. The molecule has 0 nitrogen and oxygen atoms in total.